The van der Waals surface area contributed by atoms with Crippen molar-refractivity contribution in [3.05, 3.63) is 12.3 Å². The van der Waals surface area contributed by atoms with E-state index in [0.717, 1.165) is 25.0 Å². The topological polar surface area (TPSA) is 55.0 Å². The van der Waals surface area contributed by atoms with Crippen molar-refractivity contribution in [2.75, 3.05) is 23.7 Å². The van der Waals surface area contributed by atoms with Crippen molar-refractivity contribution >= 4 is 11.8 Å². The van der Waals surface area contributed by atoms with Gasteiger partial charge in [-0.25, -0.2) is 4.98 Å². The number of nitrogens with two attached hydrogens (primary N) is 1. The van der Waals surface area contributed by atoms with Crippen LogP contribution in [-0.4, -0.2) is 23.1 Å². The van der Waals surface area contributed by atoms with Crippen LogP contribution in [0, 0.1) is 5.92 Å². The molecule has 2 rings (SSSR count). The molecule has 2 N–H and O–H groups in total. The van der Waals surface area contributed by atoms with Gasteiger partial charge in [0.15, 0.2) is 0 Å². The van der Waals surface area contributed by atoms with Crippen molar-refractivity contribution in [2.24, 2.45) is 5.92 Å². The average Bonchev–Trinajstić information content (AvgIpc) is 2.54. The largest absolute Gasteiger partial charge is 0.384 e. The van der Waals surface area contributed by atoms with Crippen molar-refractivity contribution in [3.8, 4) is 0 Å². The fraction of sp³-hybridized carbons (Fsp3) is 0.667. The van der Waals surface area contributed by atoms with E-state index in [9.17, 15) is 0 Å². The average molecular weight is 220 g/mol. The van der Waals surface area contributed by atoms with E-state index in [1.807, 2.05) is 0 Å². The Morgan fingerprint density at radius 2 is 2.31 bits per heavy atom. The zero-order chi connectivity index (χ0) is 11.4. The highest BCUT2D eigenvalue weighted by Crippen LogP contribution is 2.22. The first kappa shape index (κ1) is 11.2. The summed E-state index contributed by atoms with van der Waals surface area (Å²) in [5.74, 6) is 2.21. The molecular formula is C12H20N4. The fourth-order valence-electron chi connectivity index (χ4n) is 2.29. The molecule has 0 bridgehead atoms. The van der Waals surface area contributed by atoms with E-state index in [-0.39, 0.29) is 0 Å². The monoisotopic (exact) mass is 220 g/mol. The second-order valence-electron chi connectivity index (χ2n) is 4.47. The number of nitrogens with zero attached hydrogens (tertiary/aromatic N) is 3. The van der Waals surface area contributed by atoms with Gasteiger partial charge in [0.05, 0.1) is 0 Å². The molecule has 0 amide bonds. The molecular weight excluding hydrogens is 200 g/mol. The molecule has 1 aromatic heterocycles. The fourth-order valence-corrected chi connectivity index (χ4v) is 2.29. The van der Waals surface area contributed by atoms with Crippen LogP contribution >= 0.6 is 0 Å². The molecule has 0 radical (unpaired) electrons. The van der Waals surface area contributed by atoms with E-state index >= 15 is 0 Å². The molecule has 1 fully saturated rings. The van der Waals surface area contributed by atoms with Gasteiger partial charge in [0.1, 0.15) is 5.82 Å². The predicted octanol–water partition coefficient (Wildman–Crippen LogP) is 2.08. The lowest BCUT2D eigenvalue weighted by Crippen LogP contribution is -2.26. The summed E-state index contributed by atoms with van der Waals surface area (Å²) in [5.41, 5.74) is 5.68. The van der Waals surface area contributed by atoms with E-state index < -0.39 is 0 Å². The third-order valence-electron chi connectivity index (χ3n) is 3.37. The van der Waals surface area contributed by atoms with Gasteiger partial charge >= 0.3 is 0 Å². The molecule has 0 aliphatic carbocycles. The molecule has 4 heteroatoms. The zero-order valence-corrected chi connectivity index (χ0v) is 9.89. The maximum Gasteiger partial charge on any atom is 0.227 e. The van der Waals surface area contributed by atoms with Crippen molar-refractivity contribution in [1.29, 1.82) is 0 Å². The summed E-state index contributed by atoms with van der Waals surface area (Å²) in [4.78, 5) is 10.8. The first-order valence-electron chi connectivity index (χ1n) is 6.13. The standard InChI is InChI=1S/C12H20N4/c1-2-10-4-3-8-16(9-6-10)12-14-7-5-11(13)15-12/h5,7,10H,2-4,6,8-9H2,1H3,(H2,13,14,15). The molecule has 1 aromatic rings. The summed E-state index contributed by atoms with van der Waals surface area (Å²) in [5, 5.41) is 0. The molecule has 0 saturated carbocycles. The summed E-state index contributed by atoms with van der Waals surface area (Å²) >= 11 is 0. The molecule has 1 aliphatic rings. The normalized spacial score (nSPS) is 21.8. The first-order valence-corrected chi connectivity index (χ1v) is 6.13. The van der Waals surface area contributed by atoms with Gasteiger partial charge in [-0.3, -0.25) is 0 Å². The number of anilines is 2. The summed E-state index contributed by atoms with van der Waals surface area (Å²) in [6.07, 6.45) is 6.83. The number of aromatic nitrogens is 2. The van der Waals surface area contributed by atoms with Gasteiger partial charge in [-0.2, -0.15) is 4.98 Å². The second-order valence-corrected chi connectivity index (χ2v) is 4.47. The van der Waals surface area contributed by atoms with Gasteiger partial charge in [0.2, 0.25) is 5.95 Å². The third-order valence-corrected chi connectivity index (χ3v) is 3.37. The quantitative estimate of drug-likeness (QED) is 0.829. The Bertz CT molecular complexity index is 340. The van der Waals surface area contributed by atoms with Crippen LogP contribution in [0.25, 0.3) is 0 Å². The van der Waals surface area contributed by atoms with Crippen LogP contribution in [-0.2, 0) is 0 Å². The van der Waals surface area contributed by atoms with Crippen LogP contribution in [0.1, 0.15) is 32.6 Å². The van der Waals surface area contributed by atoms with Crippen molar-refractivity contribution in [3.63, 3.8) is 0 Å². The van der Waals surface area contributed by atoms with Gasteiger partial charge < -0.3 is 10.6 Å². The van der Waals surface area contributed by atoms with Crippen LogP contribution in [0.5, 0.6) is 0 Å². The Morgan fingerprint density at radius 1 is 1.44 bits per heavy atom. The molecule has 1 atom stereocenters. The molecule has 1 saturated heterocycles. The Labute approximate surface area is 96.9 Å². The van der Waals surface area contributed by atoms with Crippen LogP contribution in [0.2, 0.25) is 0 Å². The molecule has 1 aliphatic heterocycles. The van der Waals surface area contributed by atoms with E-state index in [2.05, 4.69) is 21.8 Å². The first-order chi connectivity index (χ1) is 7.79. The van der Waals surface area contributed by atoms with Gasteiger partial charge in [0.25, 0.3) is 0 Å². The number of hydrogen-bond acceptors (Lipinski definition) is 4. The molecule has 0 aromatic carbocycles. The van der Waals surface area contributed by atoms with Gasteiger partial charge in [-0.15, -0.1) is 0 Å². The van der Waals surface area contributed by atoms with E-state index in [1.54, 1.807) is 12.3 Å². The van der Waals surface area contributed by atoms with Crippen molar-refractivity contribution in [1.82, 2.24) is 9.97 Å². The van der Waals surface area contributed by atoms with E-state index in [1.165, 1.54) is 25.7 Å². The Kier molecular flexibility index (Phi) is 3.59. The van der Waals surface area contributed by atoms with Gasteiger partial charge in [0, 0.05) is 19.3 Å². The van der Waals surface area contributed by atoms with Gasteiger partial charge in [-0.05, 0) is 31.2 Å². The lowest BCUT2D eigenvalue weighted by Gasteiger charge is -2.20. The summed E-state index contributed by atoms with van der Waals surface area (Å²) in [6.45, 7) is 4.39. The summed E-state index contributed by atoms with van der Waals surface area (Å²) in [6, 6.07) is 1.73. The third kappa shape index (κ3) is 2.62. The predicted molar refractivity (Wildman–Crippen MR) is 66.3 cm³/mol. The highest BCUT2D eigenvalue weighted by molar-refractivity contribution is 5.37. The van der Waals surface area contributed by atoms with Crippen LogP contribution in [0.4, 0.5) is 11.8 Å². The number of nitrogen functional groups attached to an aromatic ring is 1. The molecule has 2 heterocycles. The highest BCUT2D eigenvalue weighted by Gasteiger charge is 2.17. The van der Waals surface area contributed by atoms with Crippen LogP contribution in [0.15, 0.2) is 12.3 Å². The zero-order valence-electron chi connectivity index (χ0n) is 9.89. The van der Waals surface area contributed by atoms with E-state index in [4.69, 9.17) is 5.73 Å². The molecule has 0 spiro atoms. The molecule has 16 heavy (non-hydrogen) atoms. The van der Waals surface area contributed by atoms with E-state index in [0.29, 0.717) is 5.82 Å². The molecule has 1 unspecified atom stereocenters. The van der Waals surface area contributed by atoms with Gasteiger partial charge in [-0.1, -0.05) is 13.3 Å². The van der Waals surface area contributed by atoms with Crippen molar-refractivity contribution < 1.29 is 0 Å². The maximum absolute atomic E-state index is 5.68. The highest BCUT2D eigenvalue weighted by atomic mass is 15.3. The molecule has 88 valence electrons. The smallest absolute Gasteiger partial charge is 0.227 e. The van der Waals surface area contributed by atoms with Crippen LogP contribution < -0.4 is 10.6 Å². The Morgan fingerprint density at radius 3 is 3.06 bits per heavy atom. The minimum Gasteiger partial charge on any atom is -0.384 e. The minimum absolute atomic E-state index is 0.557. The summed E-state index contributed by atoms with van der Waals surface area (Å²) < 4.78 is 0. The molecule has 4 nitrogen and oxygen atoms in total. The van der Waals surface area contributed by atoms with Crippen molar-refractivity contribution in [2.45, 2.75) is 32.6 Å². The summed E-state index contributed by atoms with van der Waals surface area (Å²) in [7, 11) is 0. The Balaban J connectivity index is 2.04. The SMILES string of the molecule is CCC1CCCN(c2nccc(N)n2)CC1. The maximum atomic E-state index is 5.68. The number of rotatable bonds is 2. The lowest BCUT2D eigenvalue weighted by atomic mass is 9.98. The minimum atomic E-state index is 0.557. The Hall–Kier alpha value is -1.32. The lowest BCUT2D eigenvalue weighted by molar-refractivity contribution is 0.459. The number of hydrogen-bond donors (Lipinski definition) is 1. The second kappa shape index (κ2) is 5.14. The van der Waals surface area contributed by atoms with Crippen LogP contribution in [0.3, 0.4) is 0 Å².